The van der Waals surface area contributed by atoms with E-state index in [-0.39, 0.29) is 17.8 Å². The fourth-order valence-electron chi connectivity index (χ4n) is 3.65. The Morgan fingerprint density at radius 2 is 1.89 bits per heavy atom. The number of hydrogen-bond acceptors (Lipinski definition) is 4. The van der Waals surface area contributed by atoms with Crippen LogP contribution in [0.25, 0.3) is 5.57 Å². The molecule has 0 spiro atoms. The maximum Gasteiger partial charge on any atom is 0.433 e. The summed E-state index contributed by atoms with van der Waals surface area (Å²) < 4.78 is 38.9. The molecule has 0 bridgehead atoms. The molecule has 5 nitrogen and oxygen atoms in total. The Bertz CT molecular complexity index is 1080. The number of aliphatic imine (C=N–C) groups is 1. The normalized spacial score (nSPS) is 18.4. The molecular weight excluding hydrogens is 371 g/mol. The molecular formula is C20H14F3N3O2. The maximum atomic E-state index is 13.0. The van der Waals surface area contributed by atoms with Gasteiger partial charge in [-0.2, -0.15) is 13.2 Å². The molecule has 2 aliphatic rings. The molecule has 1 aliphatic heterocycles. The molecule has 8 heteroatoms. The van der Waals surface area contributed by atoms with E-state index in [1.165, 1.54) is 12.1 Å². The highest BCUT2D eigenvalue weighted by atomic mass is 19.4. The summed E-state index contributed by atoms with van der Waals surface area (Å²) in [5, 5.41) is 11.7. The van der Waals surface area contributed by atoms with Crippen molar-refractivity contribution in [3.8, 4) is 0 Å². The molecule has 1 aliphatic carbocycles. The van der Waals surface area contributed by atoms with Gasteiger partial charge < -0.3 is 0 Å². The number of allylic oxidation sites excluding steroid dienone is 3. The molecule has 1 aromatic carbocycles. The third kappa shape index (κ3) is 3.00. The summed E-state index contributed by atoms with van der Waals surface area (Å²) in [5.41, 5.74) is 1.97. The summed E-state index contributed by atoms with van der Waals surface area (Å²) >= 11 is 0. The minimum atomic E-state index is -4.53. The van der Waals surface area contributed by atoms with Crippen molar-refractivity contribution in [2.45, 2.75) is 19.5 Å². The van der Waals surface area contributed by atoms with Crippen molar-refractivity contribution in [2.75, 3.05) is 0 Å². The van der Waals surface area contributed by atoms with Gasteiger partial charge in [0.2, 0.25) is 0 Å². The van der Waals surface area contributed by atoms with Crippen molar-refractivity contribution in [3.63, 3.8) is 0 Å². The van der Waals surface area contributed by atoms with Crippen LogP contribution >= 0.6 is 0 Å². The van der Waals surface area contributed by atoms with Gasteiger partial charge in [0.25, 0.3) is 5.70 Å². The second-order valence-corrected chi connectivity index (χ2v) is 6.67. The van der Waals surface area contributed by atoms with Crippen molar-refractivity contribution < 1.29 is 18.1 Å². The van der Waals surface area contributed by atoms with Crippen LogP contribution in [0.15, 0.2) is 64.8 Å². The first kappa shape index (κ1) is 18.1. The number of alkyl halides is 3. The Labute approximate surface area is 158 Å². The lowest BCUT2D eigenvalue weighted by molar-refractivity contribution is -0.419. The number of benzene rings is 1. The number of hydrogen-bond donors (Lipinski definition) is 0. The number of nitrogens with zero attached hydrogens (tertiary/aromatic N) is 3. The van der Waals surface area contributed by atoms with E-state index in [2.05, 4.69) is 9.98 Å². The minimum absolute atomic E-state index is 0.0167. The van der Waals surface area contributed by atoms with Crippen molar-refractivity contribution >= 4 is 17.0 Å². The van der Waals surface area contributed by atoms with Crippen LogP contribution in [-0.2, 0) is 12.6 Å². The number of aromatic nitrogens is 1. The Kier molecular flexibility index (Phi) is 4.14. The van der Waals surface area contributed by atoms with Gasteiger partial charge >= 0.3 is 6.18 Å². The van der Waals surface area contributed by atoms with E-state index in [0.717, 1.165) is 6.07 Å². The first-order chi connectivity index (χ1) is 13.3. The molecule has 0 amide bonds. The molecule has 4 rings (SSSR count). The number of fused-ring (bicyclic) bond motifs is 3. The van der Waals surface area contributed by atoms with E-state index >= 15 is 0 Å². The van der Waals surface area contributed by atoms with E-state index in [1.54, 1.807) is 37.3 Å². The van der Waals surface area contributed by atoms with Gasteiger partial charge in [0.05, 0.1) is 21.9 Å². The molecule has 142 valence electrons. The largest absolute Gasteiger partial charge is 0.433 e. The second kappa shape index (κ2) is 6.40. The summed E-state index contributed by atoms with van der Waals surface area (Å²) in [6, 6.07) is 10.9. The van der Waals surface area contributed by atoms with Crippen LogP contribution in [0.2, 0.25) is 0 Å². The van der Waals surface area contributed by atoms with Crippen LogP contribution in [0.3, 0.4) is 0 Å². The highest BCUT2D eigenvalue weighted by Crippen LogP contribution is 2.44. The SMILES string of the molecule is CC1=CC(Cc2cccc(C(F)(F)F)n2)C2=Nc3ccccc3C2=C1[N+](=O)[O-]. The summed E-state index contributed by atoms with van der Waals surface area (Å²) in [6.07, 6.45) is -2.67. The molecule has 0 saturated heterocycles. The lowest BCUT2D eigenvalue weighted by Crippen LogP contribution is -2.23. The summed E-state index contributed by atoms with van der Waals surface area (Å²) in [6.45, 7) is 1.63. The maximum absolute atomic E-state index is 13.0. The minimum Gasteiger partial charge on any atom is -0.258 e. The Hall–Kier alpha value is -3.29. The number of rotatable bonds is 3. The Balaban J connectivity index is 1.77. The number of pyridine rings is 1. The predicted molar refractivity (Wildman–Crippen MR) is 97.6 cm³/mol. The fraction of sp³-hybridized carbons (Fsp3) is 0.200. The molecule has 1 aromatic heterocycles. The molecule has 28 heavy (non-hydrogen) atoms. The highest BCUT2D eigenvalue weighted by molar-refractivity contribution is 6.32. The monoisotopic (exact) mass is 385 g/mol. The van der Waals surface area contributed by atoms with Gasteiger partial charge in [-0.15, -0.1) is 0 Å². The summed E-state index contributed by atoms with van der Waals surface area (Å²) in [5.74, 6) is -0.401. The van der Waals surface area contributed by atoms with Crippen molar-refractivity contribution in [1.29, 1.82) is 0 Å². The van der Waals surface area contributed by atoms with Crippen LogP contribution in [0.1, 0.15) is 23.9 Å². The lowest BCUT2D eigenvalue weighted by Gasteiger charge is -2.21. The zero-order chi connectivity index (χ0) is 20.1. The fourth-order valence-corrected chi connectivity index (χ4v) is 3.65. The number of nitro groups is 1. The van der Waals surface area contributed by atoms with E-state index in [9.17, 15) is 23.3 Å². The molecule has 2 aromatic rings. The zero-order valence-electron chi connectivity index (χ0n) is 14.7. The van der Waals surface area contributed by atoms with E-state index in [4.69, 9.17) is 0 Å². The molecule has 0 fully saturated rings. The van der Waals surface area contributed by atoms with Gasteiger partial charge in [-0.25, -0.2) is 4.98 Å². The smallest absolute Gasteiger partial charge is 0.258 e. The first-order valence-electron chi connectivity index (χ1n) is 8.54. The predicted octanol–water partition coefficient (Wildman–Crippen LogP) is 4.99. The van der Waals surface area contributed by atoms with Gasteiger partial charge in [0.1, 0.15) is 5.69 Å². The Morgan fingerprint density at radius 3 is 2.61 bits per heavy atom. The first-order valence-corrected chi connectivity index (χ1v) is 8.54. The van der Waals surface area contributed by atoms with Gasteiger partial charge in [0, 0.05) is 29.2 Å². The second-order valence-electron chi connectivity index (χ2n) is 6.67. The molecule has 0 N–H and O–H groups in total. The van der Waals surface area contributed by atoms with Gasteiger partial charge in [-0.05, 0) is 25.1 Å². The van der Waals surface area contributed by atoms with E-state index < -0.39 is 22.7 Å². The van der Waals surface area contributed by atoms with Gasteiger partial charge in [-0.1, -0.05) is 30.3 Å². The van der Waals surface area contributed by atoms with Crippen molar-refractivity contribution in [3.05, 3.63) is 86.9 Å². The zero-order valence-corrected chi connectivity index (χ0v) is 14.7. The van der Waals surface area contributed by atoms with Crippen molar-refractivity contribution in [1.82, 2.24) is 4.98 Å². The molecule has 2 heterocycles. The van der Waals surface area contributed by atoms with Gasteiger partial charge in [0.15, 0.2) is 0 Å². The van der Waals surface area contributed by atoms with Crippen molar-refractivity contribution in [2.24, 2.45) is 10.9 Å². The Morgan fingerprint density at radius 1 is 1.14 bits per heavy atom. The van der Waals surface area contributed by atoms with Gasteiger partial charge in [-0.3, -0.25) is 15.1 Å². The highest BCUT2D eigenvalue weighted by Gasteiger charge is 2.39. The van der Waals surface area contributed by atoms with E-state index in [0.29, 0.717) is 28.1 Å². The number of para-hydroxylation sites is 1. The summed E-state index contributed by atoms with van der Waals surface area (Å²) in [7, 11) is 0. The molecule has 0 radical (unpaired) electrons. The third-order valence-electron chi connectivity index (χ3n) is 4.79. The topological polar surface area (TPSA) is 68.4 Å². The lowest BCUT2D eigenvalue weighted by atomic mass is 9.82. The molecule has 1 unspecified atom stereocenters. The van der Waals surface area contributed by atoms with E-state index in [1.807, 2.05) is 0 Å². The molecule has 0 saturated carbocycles. The third-order valence-corrected chi connectivity index (χ3v) is 4.79. The molecule has 1 atom stereocenters. The average molecular weight is 385 g/mol. The number of halogens is 3. The van der Waals surface area contributed by atoms with Crippen LogP contribution < -0.4 is 0 Å². The average Bonchev–Trinajstić information content (AvgIpc) is 3.01. The summed E-state index contributed by atoms with van der Waals surface area (Å²) in [4.78, 5) is 19.5. The van der Waals surface area contributed by atoms with Crippen LogP contribution in [0, 0.1) is 16.0 Å². The van der Waals surface area contributed by atoms with Crippen LogP contribution in [0.4, 0.5) is 18.9 Å². The van der Waals surface area contributed by atoms with Crippen LogP contribution in [-0.4, -0.2) is 15.6 Å². The van der Waals surface area contributed by atoms with Crippen LogP contribution in [0.5, 0.6) is 0 Å². The quantitative estimate of drug-likeness (QED) is 0.552. The standard InChI is InChI=1S/C20H14F3N3O2/c1-11-9-12(10-13-5-4-8-16(24-13)20(21,22)23)18-17(19(11)26(27)28)14-6-2-3-7-15(14)25-18/h2-9,12H,10H2,1H3.